The molecule has 2 aliphatic heterocycles. The summed E-state index contributed by atoms with van der Waals surface area (Å²) in [4.78, 5) is 56.4. The quantitative estimate of drug-likeness (QED) is 0.214. The highest BCUT2D eigenvalue weighted by Gasteiger charge is 2.54. The largest absolute Gasteiger partial charge is 0.477 e. The van der Waals surface area contributed by atoms with Gasteiger partial charge in [-0.15, -0.1) is 16.9 Å². The number of carbonyl (C=O) groups is 4. The number of aryl methyl sites for hydroxylation is 1. The van der Waals surface area contributed by atoms with Gasteiger partial charge in [0.1, 0.15) is 22.8 Å². The number of esters is 1. The zero-order chi connectivity index (χ0) is 27.5. The first-order valence-electron chi connectivity index (χ1n) is 11.6. The lowest BCUT2D eigenvalue weighted by atomic mass is 10.0. The number of nitrogens with one attached hydrogen (secondary N) is 1. The van der Waals surface area contributed by atoms with Crippen molar-refractivity contribution in [3.05, 3.63) is 77.3 Å². The van der Waals surface area contributed by atoms with Crippen molar-refractivity contribution in [3.8, 4) is 0 Å². The number of ether oxygens (including phenoxy) is 1. The minimum atomic E-state index is -1.35. The van der Waals surface area contributed by atoms with Crippen LogP contribution >= 0.6 is 23.5 Å². The molecule has 2 unspecified atom stereocenters. The van der Waals surface area contributed by atoms with Gasteiger partial charge in [0.15, 0.2) is 0 Å². The lowest BCUT2D eigenvalue weighted by Crippen LogP contribution is -2.71. The van der Waals surface area contributed by atoms with E-state index < -0.39 is 41.3 Å². The summed E-state index contributed by atoms with van der Waals surface area (Å²) in [5.41, 5.74) is 0.862. The second-order valence-corrected chi connectivity index (χ2v) is 10.5. The smallest absolute Gasteiger partial charge is 0.358 e. The van der Waals surface area contributed by atoms with Crippen LogP contribution in [0.2, 0.25) is 0 Å². The lowest BCUT2D eigenvalue weighted by Gasteiger charge is -2.49. The number of amides is 2. The summed E-state index contributed by atoms with van der Waals surface area (Å²) < 4.78 is 6.98. The molecule has 0 saturated carbocycles. The molecule has 200 valence electrons. The molecule has 1 aromatic carbocycles. The Balaban J connectivity index is 1.32. The molecule has 2 N–H and O–H groups in total. The highest BCUT2D eigenvalue weighted by atomic mass is 32.2. The minimum Gasteiger partial charge on any atom is -0.477 e. The van der Waals surface area contributed by atoms with Gasteiger partial charge in [-0.3, -0.25) is 14.5 Å². The van der Waals surface area contributed by atoms with Gasteiger partial charge in [0.2, 0.25) is 11.3 Å². The average Bonchev–Trinajstić information content (AvgIpc) is 3.37. The number of nitrogens with zero attached hydrogens (tertiary/aromatic N) is 6. The van der Waals surface area contributed by atoms with Crippen LogP contribution in [0.4, 0.5) is 0 Å². The van der Waals surface area contributed by atoms with Crippen LogP contribution in [0.1, 0.15) is 22.2 Å². The normalized spacial score (nSPS) is 19.1. The molecule has 0 radical (unpaired) electrons. The number of rotatable bonds is 9. The molecule has 1 fully saturated rings. The number of aromatic nitrogens is 5. The zero-order valence-electron chi connectivity index (χ0n) is 20.3. The summed E-state index contributed by atoms with van der Waals surface area (Å²) in [6.45, 7) is 0. The van der Waals surface area contributed by atoms with Crippen LogP contribution in [-0.4, -0.2) is 81.9 Å². The van der Waals surface area contributed by atoms with E-state index in [1.165, 1.54) is 45.4 Å². The first kappa shape index (κ1) is 26.4. The number of hydrogen-bond donors (Lipinski definition) is 2. The topological polar surface area (TPSA) is 170 Å². The van der Waals surface area contributed by atoms with Crippen molar-refractivity contribution in [2.24, 2.45) is 7.05 Å². The van der Waals surface area contributed by atoms with Gasteiger partial charge in [-0.25, -0.2) is 19.3 Å². The summed E-state index contributed by atoms with van der Waals surface area (Å²) in [5.74, 6) is -2.71. The third-order valence-electron chi connectivity index (χ3n) is 5.94. The van der Waals surface area contributed by atoms with E-state index in [0.717, 1.165) is 0 Å². The molecular weight excluding hydrogens is 546 g/mol. The predicted octanol–water partition coefficient (Wildman–Crippen LogP) is 1.03. The van der Waals surface area contributed by atoms with Crippen LogP contribution in [0, 0.1) is 0 Å². The summed E-state index contributed by atoms with van der Waals surface area (Å²) in [6.07, 6.45) is 0.0817. The van der Waals surface area contributed by atoms with Gasteiger partial charge in [-0.2, -0.15) is 0 Å². The van der Waals surface area contributed by atoms with Gasteiger partial charge in [-0.05, 0) is 28.1 Å². The van der Waals surface area contributed by atoms with Gasteiger partial charge < -0.3 is 15.2 Å². The Labute approximate surface area is 230 Å². The number of carbonyl (C=O) groups excluding carboxylic acids is 3. The lowest BCUT2D eigenvalue weighted by molar-refractivity contribution is -0.151. The second kappa shape index (κ2) is 11.2. The van der Waals surface area contributed by atoms with Crippen LogP contribution < -0.4 is 5.32 Å². The van der Waals surface area contributed by atoms with Gasteiger partial charge in [0, 0.05) is 30.3 Å². The Morgan fingerprint density at radius 3 is 2.64 bits per heavy atom. The fraction of sp³-hybridized carbons (Fsp3) is 0.250. The van der Waals surface area contributed by atoms with E-state index in [2.05, 4.69) is 25.8 Å². The van der Waals surface area contributed by atoms with Crippen LogP contribution in [-0.2, 0) is 26.2 Å². The first-order chi connectivity index (χ1) is 18.8. The average molecular weight is 568 g/mol. The van der Waals surface area contributed by atoms with Crippen molar-refractivity contribution in [1.29, 1.82) is 0 Å². The molecule has 0 aliphatic carbocycles. The monoisotopic (exact) mass is 567 g/mol. The van der Waals surface area contributed by atoms with Crippen molar-refractivity contribution in [2.75, 3.05) is 11.5 Å². The molecule has 39 heavy (non-hydrogen) atoms. The number of fused-ring (bicyclic) bond motifs is 1. The standard InChI is InChI=1S/C24H21N7O6S2/c1-30-24(27-28-29-30)39-12-14-11-38-21-16(20(33)31(21)17(14)22(34)35)26-19(32)18(13-7-3-2-4-8-13)37-23(36)15-9-5-6-10-25-15/h2-10,16,18,21H,11-12H2,1H3,(H,26,32)(H,34,35)/t16?,18?,21-/m0/s1. The van der Waals surface area contributed by atoms with Crippen molar-refractivity contribution < 1.29 is 29.0 Å². The SMILES string of the molecule is Cn1nnnc1SCC1=C(C(=O)O)N2C(=O)C(NC(=O)C(OC(=O)c3ccccn3)c3ccccc3)[C@@H]2SC1. The number of tetrazole rings is 1. The summed E-state index contributed by atoms with van der Waals surface area (Å²) in [5, 5.41) is 23.6. The van der Waals surface area contributed by atoms with E-state index >= 15 is 0 Å². The molecule has 3 atom stereocenters. The Morgan fingerprint density at radius 1 is 1.21 bits per heavy atom. The number of hydrogen-bond acceptors (Lipinski definition) is 11. The second-order valence-electron chi connectivity index (χ2n) is 8.44. The maximum absolute atomic E-state index is 13.3. The maximum Gasteiger partial charge on any atom is 0.358 e. The van der Waals surface area contributed by atoms with E-state index in [4.69, 9.17) is 4.74 Å². The molecule has 0 spiro atoms. The number of pyridine rings is 1. The number of β-lactam (4-membered cyclic amide) rings is 1. The number of thioether (sulfide) groups is 2. The van der Waals surface area contributed by atoms with E-state index in [9.17, 15) is 24.3 Å². The van der Waals surface area contributed by atoms with Gasteiger partial charge in [0.25, 0.3) is 11.8 Å². The minimum absolute atomic E-state index is 0.0266. The molecule has 2 amide bonds. The summed E-state index contributed by atoms with van der Waals surface area (Å²) in [7, 11) is 1.67. The first-order valence-corrected chi connectivity index (χ1v) is 13.6. The van der Waals surface area contributed by atoms with E-state index in [1.807, 2.05) is 0 Å². The van der Waals surface area contributed by atoms with Crippen LogP contribution in [0.15, 0.2) is 71.2 Å². The Hall–Kier alpha value is -4.24. The van der Waals surface area contributed by atoms with Gasteiger partial charge in [-0.1, -0.05) is 48.2 Å². The Bertz CT molecular complexity index is 1450. The highest BCUT2D eigenvalue weighted by Crippen LogP contribution is 2.41. The van der Waals surface area contributed by atoms with E-state index in [-0.39, 0.29) is 17.1 Å². The number of aliphatic carboxylic acids is 1. The number of carboxylic acid groups (broad SMARTS) is 1. The van der Waals surface area contributed by atoms with Crippen LogP contribution in [0.3, 0.4) is 0 Å². The summed E-state index contributed by atoms with van der Waals surface area (Å²) in [6, 6.07) is 12.1. The van der Waals surface area contributed by atoms with Crippen molar-refractivity contribution in [1.82, 2.24) is 35.4 Å². The van der Waals surface area contributed by atoms with Crippen molar-refractivity contribution >= 4 is 47.3 Å². The van der Waals surface area contributed by atoms with Crippen LogP contribution in [0.5, 0.6) is 0 Å². The Morgan fingerprint density at radius 2 is 1.97 bits per heavy atom. The Kier molecular flexibility index (Phi) is 7.60. The third-order valence-corrected chi connectivity index (χ3v) is 8.38. The highest BCUT2D eigenvalue weighted by molar-refractivity contribution is 8.01. The van der Waals surface area contributed by atoms with Crippen molar-refractivity contribution in [2.45, 2.75) is 22.7 Å². The molecule has 4 heterocycles. The van der Waals surface area contributed by atoms with E-state index in [1.54, 1.807) is 49.5 Å². The van der Waals surface area contributed by atoms with E-state index in [0.29, 0.717) is 22.0 Å². The molecule has 15 heteroatoms. The molecule has 3 aromatic rings. The summed E-state index contributed by atoms with van der Waals surface area (Å²) >= 11 is 2.59. The molecule has 13 nitrogen and oxygen atoms in total. The molecule has 1 saturated heterocycles. The zero-order valence-corrected chi connectivity index (χ0v) is 22.0. The molecule has 5 rings (SSSR count). The molecule has 0 bridgehead atoms. The van der Waals surface area contributed by atoms with Crippen molar-refractivity contribution in [3.63, 3.8) is 0 Å². The molecule has 2 aromatic heterocycles. The van der Waals surface area contributed by atoms with Gasteiger partial charge >= 0.3 is 11.9 Å². The predicted molar refractivity (Wildman–Crippen MR) is 138 cm³/mol. The maximum atomic E-state index is 13.3. The number of benzene rings is 1. The van der Waals surface area contributed by atoms with Crippen LogP contribution in [0.25, 0.3) is 0 Å². The number of carboxylic acids is 1. The molecule has 2 aliphatic rings. The van der Waals surface area contributed by atoms with Gasteiger partial charge in [0.05, 0.1) is 0 Å². The molecular formula is C24H21N7O6S2. The fourth-order valence-electron chi connectivity index (χ4n) is 4.07. The fourth-order valence-corrected chi connectivity index (χ4v) is 6.41. The third kappa shape index (κ3) is 5.35.